The number of nitrogens with zero attached hydrogens (tertiary/aromatic N) is 1. The van der Waals surface area contributed by atoms with Crippen LogP contribution in [0.15, 0.2) is 0 Å². The van der Waals surface area contributed by atoms with Crippen LogP contribution in [0.1, 0.15) is 53.4 Å². The molecule has 1 heterocycles. The van der Waals surface area contributed by atoms with E-state index in [1.54, 1.807) is 0 Å². The fourth-order valence-corrected chi connectivity index (χ4v) is 3.16. The Morgan fingerprint density at radius 3 is 2.64 bits per heavy atom. The number of nitrogens with one attached hydrogen (secondary N) is 1. The standard InChI is InChI=1S/C18H32N2O4S/c1-13(2)7-11-24-18(3,4)8-9-19-15(21)6-10-20-16(22)12-14(25-5)17(20)23/h13-14H,6-12H2,1-5H3,(H,19,21). The molecule has 7 heteroatoms. The largest absolute Gasteiger partial charge is 0.375 e. The van der Waals surface area contributed by atoms with Crippen molar-refractivity contribution < 1.29 is 19.1 Å². The maximum atomic E-state index is 12.0. The number of carbonyl (C=O) groups is 3. The Morgan fingerprint density at radius 1 is 1.40 bits per heavy atom. The zero-order valence-corrected chi connectivity index (χ0v) is 16.9. The van der Waals surface area contributed by atoms with E-state index < -0.39 is 0 Å². The molecule has 1 fully saturated rings. The van der Waals surface area contributed by atoms with Gasteiger partial charge in [-0.3, -0.25) is 19.3 Å². The lowest BCUT2D eigenvalue weighted by Gasteiger charge is -2.26. The Morgan fingerprint density at radius 2 is 2.08 bits per heavy atom. The number of ether oxygens (including phenoxy) is 1. The summed E-state index contributed by atoms with van der Waals surface area (Å²) >= 11 is 1.38. The number of hydrogen-bond donors (Lipinski definition) is 1. The molecule has 144 valence electrons. The van der Waals surface area contributed by atoms with Gasteiger partial charge in [-0.2, -0.15) is 11.8 Å². The predicted molar refractivity (Wildman–Crippen MR) is 100 cm³/mol. The molecule has 1 aliphatic heterocycles. The lowest BCUT2D eigenvalue weighted by Crippen LogP contribution is -2.37. The molecule has 0 saturated carbocycles. The van der Waals surface area contributed by atoms with Crippen LogP contribution in [-0.2, 0) is 19.1 Å². The van der Waals surface area contributed by atoms with Crippen LogP contribution < -0.4 is 5.32 Å². The quantitative estimate of drug-likeness (QED) is 0.563. The smallest absolute Gasteiger partial charge is 0.242 e. The van der Waals surface area contributed by atoms with Crippen molar-refractivity contribution in [1.82, 2.24) is 10.2 Å². The minimum absolute atomic E-state index is 0.146. The molecule has 0 radical (unpaired) electrons. The van der Waals surface area contributed by atoms with Crippen LogP contribution in [0, 0.1) is 5.92 Å². The molecular formula is C18H32N2O4S. The highest BCUT2D eigenvalue weighted by Crippen LogP contribution is 2.23. The number of carbonyl (C=O) groups excluding carboxylic acids is 3. The van der Waals surface area contributed by atoms with Crippen molar-refractivity contribution in [2.24, 2.45) is 5.92 Å². The molecule has 0 aromatic carbocycles. The van der Waals surface area contributed by atoms with Crippen LogP contribution in [-0.4, -0.2) is 59.4 Å². The van der Waals surface area contributed by atoms with Gasteiger partial charge < -0.3 is 10.1 Å². The van der Waals surface area contributed by atoms with E-state index in [1.165, 1.54) is 16.7 Å². The van der Waals surface area contributed by atoms with Gasteiger partial charge in [0.1, 0.15) is 0 Å². The van der Waals surface area contributed by atoms with E-state index in [0.29, 0.717) is 25.5 Å². The predicted octanol–water partition coefficient (Wildman–Crippen LogP) is 2.21. The second kappa shape index (κ2) is 10.2. The lowest BCUT2D eigenvalue weighted by molar-refractivity contribution is -0.138. The summed E-state index contributed by atoms with van der Waals surface area (Å²) in [5.74, 6) is 0.102. The molecule has 3 amide bonds. The second-order valence-corrected chi connectivity index (χ2v) is 8.49. The SMILES string of the molecule is CSC1CC(=O)N(CCC(=O)NCCC(C)(C)OCCC(C)C)C1=O. The van der Waals surface area contributed by atoms with E-state index in [-0.39, 0.29) is 48.0 Å². The third-order valence-electron chi connectivity index (χ3n) is 4.29. The van der Waals surface area contributed by atoms with E-state index in [1.807, 2.05) is 20.1 Å². The van der Waals surface area contributed by atoms with Gasteiger partial charge in [0.2, 0.25) is 17.7 Å². The van der Waals surface area contributed by atoms with Gasteiger partial charge in [0, 0.05) is 32.5 Å². The molecular weight excluding hydrogens is 340 g/mol. The van der Waals surface area contributed by atoms with Crippen LogP contribution >= 0.6 is 11.8 Å². The minimum atomic E-state index is -0.292. The van der Waals surface area contributed by atoms with Crippen molar-refractivity contribution in [2.45, 2.75) is 64.2 Å². The molecule has 6 nitrogen and oxygen atoms in total. The van der Waals surface area contributed by atoms with Gasteiger partial charge >= 0.3 is 0 Å². The molecule has 0 aromatic rings. The third kappa shape index (κ3) is 7.77. The van der Waals surface area contributed by atoms with E-state index in [2.05, 4.69) is 19.2 Å². The number of amides is 3. The summed E-state index contributed by atoms with van der Waals surface area (Å²) in [6, 6.07) is 0. The Labute approximate surface area is 155 Å². The van der Waals surface area contributed by atoms with Gasteiger partial charge in [0.05, 0.1) is 10.9 Å². The molecule has 1 aliphatic rings. The van der Waals surface area contributed by atoms with Gasteiger partial charge in [-0.1, -0.05) is 13.8 Å². The third-order valence-corrected chi connectivity index (χ3v) is 5.22. The summed E-state index contributed by atoms with van der Waals surface area (Å²) in [6.07, 6.45) is 3.94. The molecule has 1 N–H and O–H groups in total. The van der Waals surface area contributed by atoms with Crippen LogP contribution in [0.25, 0.3) is 0 Å². The van der Waals surface area contributed by atoms with Crippen molar-refractivity contribution in [3.63, 3.8) is 0 Å². The summed E-state index contributed by atoms with van der Waals surface area (Å²) in [5.41, 5.74) is -0.283. The van der Waals surface area contributed by atoms with Gasteiger partial charge in [0.25, 0.3) is 0 Å². The van der Waals surface area contributed by atoms with Crippen molar-refractivity contribution in [3.8, 4) is 0 Å². The van der Waals surface area contributed by atoms with Crippen molar-refractivity contribution >= 4 is 29.5 Å². The monoisotopic (exact) mass is 372 g/mol. The summed E-state index contributed by atoms with van der Waals surface area (Å²) in [6.45, 7) is 9.75. The normalized spacial score (nSPS) is 18.3. The summed E-state index contributed by atoms with van der Waals surface area (Å²) in [5, 5.41) is 2.55. The first-order chi connectivity index (χ1) is 11.7. The summed E-state index contributed by atoms with van der Waals surface area (Å²) < 4.78 is 5.86. The molecule has 0 spiro atoms. The van der Waals surface area contributed by atoms with Gasteiger partial charge in [-0.15, -0.1) is 0 Å². The maximum Gasteiger partial charge on any atom is 0.242 e. The van der Waals surface area contributed by atoms with E-state index in [4.69, 9.17) is 4.74 Å². The van der Waals surface area contributed by atoms with E-state index in [9.17, 15) is 14.4 Å². The van der Waals surface area contributed by atoms with Crippen LogP contribution in [0.5, 0.6) is 0 Å². The van der Waals surface area contributed by atoms with Crippen LogP contribution in [0.3, 0.4) is 0 Å². The molecule has 1 rings (SSSR count). The number of thioether (sulfide) groups is 1. The lowest BCUT2D eigenvalue weighted by atomic mass is 10.0. The van der Waals surface area contributed by atoms with Gasteiger partial charge in [-0.05, 0) is 38.9 Å². The highest BCUT2D eigenvalue weighted by atomic mass is 32.2. The zero-order chi connectivity index (χ0) is 19.0. The highest BCUT2D eigenvalue weighted by molar-refractivity contribution is 8.00. The first-order valence-electron chi connectivity index (χ1n) is 8.94. The van der Waals surface area contributed by atoms with Crippen LogP contribution in [0.4, 0.5) is 0 Å². The zero-order valence-electron chi connectivity index (χ0n) is 16.1. The van der Waals surface area contributed by atoms with Crippen molar-refractivity contribution in [3.05, 3.63) is 0 Å². The van der Waals surface area contributed by atoms with Crippen LogP contribution in [0.2, 0.25) is 0 Å². The summed E-state index contributed by atoms with van der Waals surface area (Å²) in [7, 11) is 0. The van der Waals surface area contributed by atoms with Gasteiger partial charge in [0.15, 0.2) is 0 Å². The Balaban J connectivity index is 2.24. The summed E-state index contributed by atoms with van der Waals surface area (Å²) in [4.78, 5) is 36.9. The van der Waals surface area contributed by atoms with Gasteiger partial charge in [-0.25, -0.2) is 0 Å². The topological polar surface area (TPSA) is 75.7 Å². The number of hydrogen-bond acceptors (Lipinski definition) is 5. The highest BCUT2D eigenvalue weighted by Gasteiger charge is 2.37. The first kappa shape index (κ1) is 22.0. The fraction of sp³-hybridized carbons (Fsp3) is 0.833. The average molecular weight is 373 g/mol. The molecule has 0 bridgehead atoms. The number of rotatable bonds is 11. The van der Waals surface area contributed by atoms with Crippen molar-refractivity contribution in [2.75, 3.05) is 26.0 Å². The molecule has 0 aliphatic carbocycles. The molecule has 1 atom stereocenters. The Kier molecular flexibility index (Phi) is 8.93. The number of likely N-dealkylation sites (tertiary alicyclic amines) is 1. The maximum absolute atomic E-state index is 12.0. The minimum Gasteiger partial charge on any atom is -0.375 e. The van der Waals surface area contributed by atoms with E-state index in [0.717, 1.165) is 6.42 Å². The van der Waals surface area contributed by atoms with E-state index >= 15 is 0 Å². The van der Waals surface area contributed by atoms with Crippen molar-refractivity contribution in [1.29, 1.82) is 0 Å². The second-order valence-electron chi connectivity index (χ2n) is 7.45. The molecule has 1 saturated heterocycles. The molecule has 1 unspecified atom stereocenters. The Bertz CT molecular complexity index is 480. The Hall–Kier alpha value is -1.08. The molecule has 0 aromatic heterocycles. The number of imide groups is 1. The molecule has 25 heavy (non-hydrogen) atoms. The first-order valence-corrected chi connectivity index (χ1v) is 10.2. The average Bonchev–Trinajstić information content (AvgIpc) is 2.78. The fourth-order valence-electron chi connectivity index (χ4n) is 2.52.